The number of fused-ring (bicyclic) bond motifs is 2. The maximum Gasteiger partial charge on any atom is 0.290 e. The van der Waals surface area contributed by atoms with Gasteiger partial charge in [0, 0.05) is 6.54 Å². The maximum atomic E-state index is 13.7. The molecule has 144 valence electrons. The summed E-state index contributed by atoms with van der Waals surface area (Å²) in [4.78, 5) is 30.1. The second-order valence-electron chi connectivity index (χ2n) is 7.28. The van der Waals surface area contributed by atoms with Crippen molar-refractivity contribution in [3.63, 3.8) is 0 Å². The lowest BCUT2D eigenvalue weighted by molar-refractivity contribution is 0.0722. The molecule has 0 saturated heterocycles. The van der Waals surface area contributed by atoms with Crippen LogP contribution in [0.15, 0.2) is 57.7 Å². The number of carbonyl (C=O) groups excluding carboxylic acids is 1. The van der Waals surface area contributed by atoms with Crippen molar-refractivity contribution < 1.29 is 13.6 Å². The van der Waals surface area contributed by atoms with Gasteiger partial charge >= 0.3 is 0 Å². The lowest BCUT2D eigenvalue weighted by Gasteiger charge is -2.25. The van der Waals surface area contributed by atoms with E-state index in [0.717, 1.165) is 18.5 Å². The molecule has 0 bridgehead atoms. The predicted molar refractivity (Wildman–Crippen MR) is 105 cm³/mol. The third-order valence-corrected chi connectivity index (χ3v) is 5.05. The topological polar surface area (TPSA) is 53.8 Å². The van der Waals surface area contributed by atoms with E-state index in [1.165, 1.54) is 18.2 Å². The highest BCUT2D eigenvalue weighted by molar-refractivity contribution is 5.99. The van der Waals surface area contributed by atoms with Gasteiger partial charge in [-0.3, -0.25) is 9.59 Å². The Labute approximate surface area is 162 Å². The fourth-order valence-electron chi connectivity index (χ4n) is 3.76. The number of hydrogen-bond acceptors (Lipinski definition) is 4. The van der Waals surface area contributed by atoms with Crippen LogP contribution in [0.25, 0.3) is 11.0 Å². The van der Waals surface area contributed by atoms with Crippen LogP contribution in [0.1, 0.15) is 34.1 Å². The molecule has 1 aliphatic heterocycles. The Kier molecular flexibility index (Phi) is 4.73. The van der Waals surface area contributed by atoms with Crippen LogP contribution in [0.3, 0.4) is 0 Å². The molecule has 0 aliphatic carbocycles. The summed E-state index contributed by atoms with van der Waals surface area (Å²) < 4.78 is 19.5. The second kappa shape index (κ2) is 7.20. The number of nitrogens with zero attached hydrogens (tertiary/aromatic N) is 2. The standard InChI is InChI=1S/C22H21FN2O3/c1-24(2)11-6-12-25-19(14-7-4-3-5-8-14)18-20(26)16-13-15(23)9-10-17(16)28-21(18)22(25)27/h3-5,7-10,13,19H,6,11-12H2,1-2H3/t19-/m0/s1. The Bertz CT molecular complexity index is 1090. The zero-order valence-electron chi connectivity index (χ0n) is 15.8. The monoisotopic (exact) mass is 380 g/mol. The highest BCUT2D eigenvalue weighted by Gasteiger charge is 2.42. The molecule has 4 rings (SSSR count). The van der Waals surface area contributed by atoms with Crippen LogP contribution < -0.4 is 5.43 Å². The van der Waals surface area contributed by atoms with Crippen molar-refractivity contribution in [1.29, 1.82) is 0 Å². The average Bonchev–Trinajstić information content (AvgIpc) is 2.95. The largest absolute Gasteiger partial charge is 0.450 e. The van der Waals surface area contributed by atoms with Crippen molar-refractivity contribution in [3.8, 4) is 0 Å². The van der Waals surface area contributed by atoms with Crippen LogP contribution in [0.2, 0.25) is 0 Å². The molecule has 6 heteroatoms. The van der Waals surface area contributed by atoms with Crippen molar-refractivity contribution in [3.05, 3.63) is 81.5 Å². The molecule has 0 fully saturated rings. The first-order chi connectivity index (χ1) is 13.5. The Balaban J connectivity index is 1.88. The van der Waals surface area contributed by atoms with Gasteiger partial charge < -0.3 is 14.2 Å². The third-order valence-electron chi connectivity index (χ3n) is 5.05. The molecule has 2 aromatic carbocycles. The molecule has 1 aliphatic rings. The van der Waals surface area contributed by atoms with Crippen molar-refractivity contribution in [2.45, 2.75) is 12.5 Å². The Morgan fingerprint density at radius 3 is 2.57 bits per heavy atom. The lowest BCUT2D eigenvalue weighted by atomic mass is 9.98. The van der Waals surface area contributed by atoms with E-state index in [9.17, 15) is 14.0 Å². The maximum absolute atomic E-state index is 13.7. The summed E-state index contributed by atoms with van der Waals surface area (Å²) in [7, 11) is 3.95. The van der Waals surface area contributed by atoms with Gasteiger partial charge in [-0.05, 0) is 50.8 Å². The quantitative estimate of drug-likeness (QED) is 0.681. The first-order valence-electron chi connectivity index (χ1n) is 9.24. The summed E-state index contributed by atoms with van der Waals surface area (Å²) in [6.07, 6.45) is 0.762. The van der Waals surface area contributed by atoms with Crippen LogP contribution >= 0.6 is 0 Å². The van der Waals surface area contributed by atoms with Crippen LogP contribution in [0.4, 0.5) is 4.39 Å². The molecule has 5 nitrogen and oxygen atoms in total. The second-order valence-corrected chi connectivity index (χ2v) is 7.28. The summed E-state index contributed by atoms with van der Waals surface area (Å²) in [6, 6.07) is 12.7. The Morgan fingerprint density at radius 2 is 1.86 bits per heavy atom. The van der Waals surface area contributed by atoms with Crippen LogP contribution in [-0.2, 0) is 0 Å². The fourth-order valence-corrected chi connectivity index (χ4v) is 3.76. The summed E-state index contributed by atoms with van der Waals surface area (Å²) in [5, 5.41) is 0.155. The minimum atomic E-state index is -0.533. The number of halogens is 1. The molecule has 0 radical (unpaired) electrons. The highest BCUT2D eigenvalue weighted by atomic mass is 19.1. The van der Waals surface area contributed by atoms with E-state index < -0.39 is 11.9 Å². The molecule has 0 unspecified atom stereocenters. The van der Waals surface area contributed by atoms with E-state index >= 15 is 0 Å². The smallest absolute Gasteiger partial charge is 0.290 e. The number of benzene rings is 2. The molecule has 0 saturated carbocycles. The summed E-state index contributed by atoms with van der Waals surface area (Å²) in [5.74, 6) is -0.753. The zero-order chi connectivity index (χ0) is 19.8. The minimum Gasteiger partial charge on any atom is -0.450 e. The SMILES string of the molecule is CN(C)CCCN1C(=O)c2oc3ccc(F)cc3c(=O)c2[C@@H]1c1ccccc1. The van der Waals surface area contributed by atoms with E-state index in [0.29, 0.717) is 12.1 Å². The number of amides is 1. The van der Waals surface area contributed by atoms with Crippen molar-refractivity contribution in [2.24, 2.45) is 0 Å². The summed E-state index contributed by atoms with van der Waals surface area (Å²) in [6.45, 7) is 1.31. The van der Waals surface area contributed by atoms with Gasteiger partial charge in [0.25, 0.3) is 5.91 Å². The number of hydrogen-bond donors (Lipinski definition) is 0. The zero-order valence-corrected chi connectivity index (χ0v) is 15.8. The predicted octanol–water partition coefficient (Wildman–Crippen LogP) is 3.43. The van der Waals surface area contributed by atoms with Gasteiger partial charge in [-0.2, -0.15) is 0 Å². The van der Waals surface area contributed by atoms with Crippen LogP contribution in [0.5, 0.6) is 0 Å². The average molecular weight is 380 g/mol. The lowest BCUT2D eigenvalue weighted by Crippen LogP contribution is -2.32. The van der Waals surface area contributed by atoms with E-state index in [1.54, 1.807) is 4.90 Å². The summed E-state index contributed by atoms with van der Waals surface area (Å²) in [5.41, 5.74) is 0.996. The Hall–Kier alpha value is -2.99. The van der Waals surface area contributed by atoms with E-state index in [2.05, 4.69) is 0 Å². The molecule has 1 amide bonds. The molecular formula is C22H21FN2O3. The molecule has 3 aromatic rings. The first-order valence-corrected chi connectivity index (χ1v) is 9.24. The van der Waals surface area contributed by atoms with E-state index in [1.807, 2.05) is 49.3 Å². The van der Waals surface area contributed by atoms with Gasteiger partial charge in [-0.1, -0.05) is 30.3 Å². The van der Waals surface area contributed by atoms with Crippen molar-refractivity contribution >= 4 is 16.9 Å². The molecule has 1 atom stereocenters. The normalized spacial score (nSPS) is 16.2. The van der Waals surface area contributed by atoms with Crippen LogP contribution in [0, 0.1) is 5.82 Å². The molecule has 1 aromatic heterocycles. The number of rotatable bonds is 5. The molecule has 2 heterocycles. The molecule has 0 spiro atoms. The highest BCUT2D eigenvalue weighted by Crippen LogP contribution is 2.38. The summed E-state index contributed by atoms with van der Waals surface area (Å²) >= 11 is 0. The van der Waals surface area contributed by atoms with Gasteiger partial charge in [0.05, 0.1) is 17.0 Å². The first kappa shape index (κ1) is 18.4. The van der Waals surface area contributed by atoms with Gasteiger partial charge in [0.1, 0.15) is 11.4 Å². The van der Waals surface area contributed by atoms with Gasteiger partial charge in [0.2, 0.25) is 5.76 Å². The van der Waals surface area contributed by atoms with E-state index in [-0.39, 0.29) is 28.1 Å². The van der Waals surface area contributed by atoms with E-state index in [4.69, 9.17) is 4.42 Å². The fraction of sp³-hybridized carbons (Fsp3) is 0.273. The van der Waals surface area contributed by atoms with Gasteiger partial charge in [-0.25, -0.2) is 4.39 Å². The van der Waals surface area contributed by atoms with Gasteiger partial charge in [0.15, 0.2) is 5.43 Å². The molecular weight excluding hydrogens is 359 g/mol. The van der Waals surface area contributed by atoms with Crippen LogP contribution in [-0.4, -0.2) is 42.9 Å². The number of carbonyl (C=O) groups is 1. The Morgan fingerprint density at radius 1 is 1.11 bits per heavy atom. The molecule has 0 N–H and O–H groups in total. The van der Waals surface area contributed by atoms with Crippen molar-refractivity contribution in [2.75, 3.05) is 27.2 Å². The third kappa shape index (κ3) is 3.10. The minimum absolute atomic E-state index is 0.0582. The van der Waals surface area contributed by atoms with Crippen molar-refractivity contribution in [1.82, 2.24) is 9.80 Å². The van der Waals surface area contributed by atoms with Gasteiger partial charge in [-0.15, -0.1) is 0 Å². The molecule has 28 heavy (non-hydrogen) atoms.